The number of esters is 1. The van der Waals surface area contributed by atoms with Gasteiger partial charge in [0.2, 0.25) is 0 Å². The average Bonchev–Trinajstić information content (AvgIpc) is 2.40. The Balaban J connectivity index is 2.04. The quantitative estimate of drug-likeness (QED) is 0.725. The molecule has 0 fully saturated rings. The smallest absolute Gasteiger partial charge is 0.312 e. The van der Waals surface area contributed by atoms with E-state index in [9.17, 15) is 9.59 Å². The molecule has 1 aromatic carbocycles. The van der Waals surface area contributed by atoms with Crippen LogP contribution in [0.1, 0.15) is 42.7 Å². The van der Waals surface area contributed by atoms with E-state index in [0.29, 0.717) is 18.6 Å². The monoisotopic (exact) mass is 256 g/mol. The molecule has 0 saturated heterocycles. The fourth-order valence-electron chi connectivity index (χ4n) is 2.86. The molecule has 1 atom stereocenters. The molecule has 1 heterocycles. The van der Waals surface area contributed by atoms with E-state index in [2.05, 4.69) is 0 Å². The minimum Gasteiger partial charge on any atom is -0.423 e. The minimum atomic E-state index is -0.292. The van der Waals surface area contributed by atoms with Gasteiger partial charge in [0.25, 0.3) is 0 Å². The van der Waals surface area contributed by atoms with E-state index in [-0.39, 0.29) is 17.7 Å². The Morgan fingerprint density at radius 3 is 2.58 bits per heavy atom. The van der Waals surface area contributed by atoms with Gasteiger partial charge >= 0.3 is 5.97 Å². The Kier molecular flexibility index (Phi) is 2.97. The number of carbonyl (C=O) groups is 2. The zero-order valence-electron chi connectivity index (χ0n) is 10.9. The lowest BCUT2D eigenvalue weighted by atomic mass is 9.80. The van der Waals surface area contributed by atoms with Gasteiger partial charge in [-0.1, -0.05) is 29.8 Å². The van der Waals surface area contributed by atoms with Crippen molar-refractivity contribution in [3.05, 3.63) is 46.7 Å². The van der Waals surface area contributed by atoms with Gasteiger partial charge in [-0.3, -0.25) is 9.59 Å². The molecule has 0 saturated carbocycles. The second-order valence-corrected chi connectivity index (χ2v) is 5.27. The van der Waals surface area contributed by atoms with Gasteiger partial charge in [-0.25, -0.2) is 0 Å². The number of benzene rings is 1. The third-order valence-corrected chi connectivity index (χ3v) is 3.88. The Labute approximate surface area is 112 Å². The van der Waals surface area contributed by atoms with Crippen LogP contribution in [0.3, 0.4) is 0 Å². The highest BCUT2D eigenvalue weighted by Crippen LogP contribution is 2.40. The van der Waals surface area contributed by atoms with Gasteiger partial charge in [0, 0.05) is 12.3 Å². The first-order valence-corrected chi connectivity index (χ1v) is 6.68. The summed E-state index contributed by atoms with van der Waals surface area (Å²) in [5.41, 5.74) is 3.31. The maximum absolute atomic E-state index is 11.9. The van der Waals surface area contributed by atoms with Gasteiger partial charge in [0.1, 0.15) is 0 Å². The summed E-state index contributed by atoms with van der Waals surface area (Å²) in [6, 6.07) is 8.17. The van der Waals surface area contributed by atoms with Crippen molar-refractivity contribution in [1.82, 2.24) is 0 Å². The lowest BCUT2D eigenvalue weighted by Gasteiger charge is -2.30. The summed E-state index contributed by atoms with van der Waals surface area (Å²) in [5, 5.41) is 0. The van der Waals surface area contributed by atoms with Crippen LogP contribution < -0.4 is 0 Å². The van der Waals surface area contributed by atoms with Gasteiger partial charge in [-0.05, 0) is 30.9 Å². The Morgan fingerprint density at radius 2 is 1.84 bits per heavy atom. The Hall–Kier alpha value is -1.90. The molecule has 3 nitrogen and oxygen atoms in total. The van der Waals surface area contributed by atoms with E-state index in [0.717, 1.165) is 24.0 Å². The summed E-state index contributed by atoms with van der Waals surface area (Å²) in [4.78, 5) is 23.6. The fraction of sp³-hybridized carbons (Fsp3) is 0.375. The predicted octanol–water partition coefficient (Wildman–Crippen LogP) is 3.03. The van der Waals surface area contributed by atoms with Crippen LogP contribution in [0.15, 0.2) is 35.6 Å². The third-order valence-electron chi connectivity index (χ3n) is 3.88. The van der Waals surface area contributed by atoms with Crippen LogP contribution in [0.2, 0.25) is 0 Å². The number of aryl methyl sites for hydroxylation is 1. The van der Waals surface area contributed by atoms with Crippen LogP contribution in [0.4, 0.5) is 0 Å². The summed E-state index contributed by atoms with van der Waals surface area (Å²) in [6.07, 6.45) is 2.55. The topological polar surface area (TPSA) is 43.4 Å². The van der Waals surface area contributed by atoms with Gasteiger partial charge < -0.3 is 4.74 Å². The molecule has 0 spiro atoms. The Bertz CT molecular complexity index is 566. The summed E-state index contributed by atoms with van der Waals surface area (Å²) >= 11 is 0. The normalized spacial score (nSPS) is 23.1. The van der Waals surface area contributed by atoms with E-state index in [1.54, 1.807) is 0 Å². The molecule has 0 amide bonds. The molecule has 0 unspecified atom stereocenters. The molecule has 0 bridgehead atoms. The van der Waals surface area contributed by atoms with E-state index >= 15 is 0 Å². The molecule has 3 rings (SSSR count). The van der Waals surface area contributed by atoms with E-state index in [1.807, 2.05) is 31.2 Å². The summed E-state index contributed by atoms with van der Waals surface area (Å²) in [5.74, 6) is 0.0279. The van der Waals surface area contributed by atoms with Crippen molar-refractivity contribution in [3.8, 4) is 0 Å². The van der Waals surface area contributed by atoms with Crippen LogP contribution >= 0.6 is 0 Å². The highest BCUT2D eigenvalue weighted by Gasteiger charge is 2.35. The maximum Gasteiger partial charge on any atom is 0.312 e. The van der Waals surface area contributed by atoms with Gasteiger partial charge in [-0.2, -0.15) is 0 Å². The molecule has 3 heteroatoms. The van der Waals surface area contributed by atoms with Crippen LogP contribution in [0, 0.1) is 6.92 Å². The molecule has 1 aromatic rings. The maximum atomic E-state index is 11.9. The fourth-order valence-corrected chi connectivity index (χ4v) is 2.86. The number of carbonyl (C=O) groups excluding carboxylic acids is 2. The minimum absolute atomic E-state index is 0.0149. The SMILES string of the molecule is Cc1ccc([C@H]2CC(=O)OC3=C2CCCC3=O)cc1. The lowest BCUT2D eigenvalue weighted by molar-refractivity contribution is -0.144. The standard InChI is InChI=1S/C16H16O3/c1-10-5-7-11(8-6-10)13-9-15(18)19-16-12(13)3-2-4-14(16)17/h5-8,13H,2-4,9H2,1H3/t13-/m1/s1. The van der Waals surface area contributed by atoms with Crippen molar-refractivity contribution in [2.45, 2.75) is 38.5 Å². The summed E-state index contributed by atoms with van der Waals surface area (Å²) in [6.45, 7) is 2.04. The zero-order valence-corrected chi connectivity index (χ0v) is 10.9. The van der Waals surface area contributed by atoms with Gasteiger partial charge in [0.15, 0.2) is 11.5 Å². The third kappa shape index (κ3) is 2.21. The van der Waals surface area contributed by atoms with Gasteiger partial charge in [0.05, 0.1) is 6.42 Å². The predicted molar refractivity (Wildman–Crippen MR) is 70.5 cm³/mol. The molecular formula is C16H16O3. The molecule has 0 N–H and O–H groups in total. The van der Waals surface area contributed by atoms with E-state index in [4.69, 9.17) is 4.74 Å². The number of hydrogen-bond acceptors (Lipinski definition) is 3. The van der Waals surface area contributed by atoms with Crippen molar-refractivity contribution in [1.29, 1.82) is 0 Å². The number of rotatable bonds is 1. The van der Waals surface area contributed by atoms with Crippen molar-refractivity contribution < 1.29 is 14.3 Å². The van der Waals surface area contributed by atoms with Gasteiger partial charge in [-0.15, -0.1) is 0 Å². The first-order valence-electron chi connectivity index (χ1n) is 6.68. The first kappa shape index (κ1) is 12.2. The highest BCUT2D eigenvalue weighted by atomic mass is 16.5. The van der Waals surface area contributed by atoms with Crippen molar-refractivity contribution in [2.75, 3.05) is 0 Å². The largest absolute Gasteiger partial charge is 0.423 e. The number of Topliss-reactive ketones (excluding diaryl/α,β-unsaturated/α-hetero) is 1. The summed E-state index contributed by atoms with van der Waals surface area (Å²) < 4.78 is 5.17. The number of ketones is 1. The van der Waals surface area contributed by atoms with E-state index in [1.165, 1.54) is 5.56 Å². The molecule has 98 valence electrons. The number of hydrogen-bond donors (Lipinski definition) is 0. The average molecular weight is 256 g/mol. The number of allylic oxidation sites excluding steroid dienone is 2. The van der Waals surface area contributed by atoms with E-state index < -0.39 is 0 Å². The zero-order chi connectivity index (χ0) is 13.4. The van der Waals surface area contributed by atoms with Crippen LogP contribution in [-0.4, -0.2) is 11.8 Å². The van der Waals surface area contributed by atoms with Crippen molar-refractivity contribution >= 4 is 11.8 Å². The Morgan fingerprint density at radius 1 is 1.11 bits per heavy atom. The number of ether oxygens (including phenoxy) is 1. The highest BCUT2D eigenvalue weighted by molar-refractivity contribution is 5.98. The van der Waals surface area contributed by atoms with Crippen LogP contribution in [0.5, 0.6) is 0 Å². The summed E-state index contributed by atoms with van der Waals surface area (Å²) in [7, 11) is 0. The first-order chi connectivity index (χ1) is 9.15. The van der Waals surface area contributed by atoms with Crippen molar-refractivity contribution in [3.63, 3.8) is 0 Å². The molecule has 1 aliphatic carbocycles. The molecule has 1 aliphatic heterocycles. The molecule has 19 heavy (non-hydrogen) atoms. The molecule has 2 aliphatic rings. The van der Waals surface area contributed by atoms with Crippen molar-refractivity contribution in [2.24, 2.45) is 0 Å². The lowest BCUT2D eigenvalue weighted by Crippen LogP contribution is -2.27. The second-order valence-electron chi connectivity index (χ2n) is 5.27. The second kappa shape index (κ2) is 4.65. The molecule has 0 aromatic heterocycles. The van der Waals surface area contributed by atoms with Crippen LogP contribution in [0.25, 0.3) is 0 Å². The van der Waals surface area contributed by atoms with Crippen LogP contribution in [-0.2, 0) is 14.3 Å². The molecule has 0 radical (unpaired) electrons. The molecular weight excluding hydrogens is 240 g/mol.